The quantitative estimate of drug-likeness (QED) is 0.581. The van der Waals surface area contributed by atoms with Crippen molar-refractivity contribution in [1.82, 2.24) is 13.8 Å². The largest absolute Gasteiger partial charge is 0.454 e. The number of benzene rings is 1. The summed E-state index contributed by atoms with van der Waals surface area (Å²) in [6.07, 6.45) is 1.64. The van der Waals surface area contributed by atoms with E-state index in [0.29, 0.717) is 5.76 Å². The van der Waals surface area contributed by atoms with Gasteiger partial charge >= 0.3 is 0 Å². The number of piperazine rings is 1. The maximum absolute atomic E-state index is 12.9. The van der Waals surface area contributed by atoms with Crippen molar-refractivity contribution in [1.29, 1.82) is 0 Å². The number of carbonyl (C=O) groups excluding carboxylic acids is 1. The first-order chi connectivity index (χ1) is 14.9. The van der Waals surface area contributed by atoms with Gasteiger partial charge in [-0.1, -0.05) is 29.8 Å². The number of pyridine rings is 1. The Kier molecular flexibility index (Phi) is 5.99. The van der Waals surface area contributed by atoms with Crippen molar-refractivity contribution >= 4 is 27.5 Å². The Morgan fingerprint density at radius 1 is 0.968 bits per heavy atom. The molecule has 0 atom stereocenters. The molecule has 3 aromatic rings. The summed E-state index contributed by atoms with van der Waals surface area (Å²) in [5.41, 5.74) is -0.164. The Hall–Kier alpha value is -2.88. The second kappa shape index (κ2) is 8.70. The van der Waals surface area contributed by atoms with Crippen LogP contribution < -0.4 is 5.56 Å². The molecular formula is C21H20ClN3O5S. The van der Waals surface area contributed by atoms with E-state index in [2.05, 4.69) is 0 Å². The maximum atomic E-state index is 12.9. The highest BCUT2D eigenvalue weighted by Gasteiger charge is 2.32. The minimum atomic E-state index is -3.73. The van der Waals surface area contributed by atoms with Crippen LogP contribution in [0.15, 0.2) is 74.9 Å². The molecule has 1 fully saturated rings. The van der Waals surface area contributed by atoms with E-state index in [9.17, 15) is 18.0 Å². The SMILES string of the molecule is O=C(c1ccc(Cn2ccccc2=O)o1)N1CCN(S(=O)(=O)c2ccccc2Cl)CC1. The molecule has 1 amide bonds. The van der Waals surface area contributed by atoms with E-state index < -0.39 is 10.0 Å². The predicted molar refractivity (Wildman–Crippen MR) is 115 cm³/mol. The Labute approximate surface area is 184 Å². The standard InChI is InChI=1S/C21H20ClN3O5S/c22-17-5-1-2-6-19(17)31(28,29)25-13-11-23(12-14-25)21(27)18-9-8-16(30-18)15-24-10-4-3-7-20(24)26/h1-10H,11-15H2. The molecule has 1 saturated heterocycles. The summed E-state index contributed by atoms with van der Waals surface area (Å²) in [5, 5.41) is 0.168. The van der Waals surface area contributed by atoms with Crippen molar-refractivity contribution < 1.29 is 17.6 Å². The number of rotatable bonds is 5. The highest BCUT2D eigenvalue weighted by atomic mass is 35.5. The average Bonchev–Trinajstić information content (AvgIpc) is 3.24. The van der Waals surface area contributed by atoms with Crippen LogP contribution in [0.5, 0.6) is 0 Å². The van der Waals surface area contributed by atoms with Gasteiger partial charge < -0.3 is 13.9 Å². The third-order valence-electron chi connectivity index (χ3n) is 5.08. The summed E-state index contributed by atoms with van der Waals surface area (Å²) in [6, 6.07) is 14.4. The lowest BCUT2D eigenvalue weighted by molar-refractivity contribution is 0.0664. The number of aromatic nitrogens is 1. The van der Waals surface area contributed by atoms with Gasteiger partial charge in [0.2, 0.25) is 10.0 Å². The van der Waals surface area contributed by atoms with Gasteiger partial charge in [0.1, 0.15) is 10.7 Å². The number of amides is 1. The normalized spacial score (nSPS) is 15.2. The van der Waals surface area contributed by atoms with Crippen LogP contribution in [0.2, 0.25) is 5.02 Å². The number of furan rings is 1. The number of nitrogens with zero attached hydrogens (tertiary/aromatic N) is 3. The Morgan fingerprint density at radius 3 is 2.39 bits per heavy atom. The van der Waals surface area contributed by atoms with Crippen LogP contribution in [0.3, 0.4) is 0 Å². The fourth-order valence-electron chi connectivity index (χ4n) is 3.42. The fourth-order valence-corrected chi connectivity index (χ4v) is 5.33. The van der Waals surface area contributed by atoms with Gasteiger partial charge in [0, 0.05) is 38.4 Å². The van der Waals surface area contributed by atoms with Crippen molar-refractivity contribution in [3.8, 4) is 0 Å². The minimum absolute atomic E-state index is 0.0586. The van der Waals surface area contributed by atoms with Gasteiger partial charge in [-0.3, -0.25) is 9.59 Å². The zero-order chi connectivity index (χ0) is 22.0. The van der Waals surface area contributed by atoms with E-state index >= 15 is 0 Å². The van der Waals surface area contributed by atoms with Crippen molar-refractivity contribution in [3.63, 3.8) is 0 Å². The van der Waals surface area contributed by atoms with Crippen LogP contribution in [0.1, 0.15) is 16.3 Å². The summed E-state index contributed by atoms with van der Waals surface area (Å²) in [6.45, 7) is 1.00. The first-order valence-corrected chi connectivity index (χ1v) is 11.5. The molecule has 0 N–H and O–H groups in total. The van der Waals surface area contributed by atoms with Gasteiger partial charge in [0.25, 0.3) is 11.5 Å². The molecule has 1 aliphatic rings. The van der Waals surface area contributed by atoms with Gasteiger partial charge in [0.05, 0.1) is 11.6 Å². The zero-order valence-electron chi connectivity index (χ0n) is 16.5. The molecule has 0 bridgehead atoms. The fraction of sp³-hybridized carbons (Fsp3) is 0.238. The summed E-state index contributed by atoms with van der Waals surface area (Å²) < 4.78 is 34.1. The summed E-state index contributed by atoms with van der Waals surface area (Å²) in [5.74, 6) is 0.319. The molecule has 3 heterocycles. The summed E-state index contributed by atoms with van der Waals surface area (Å²) in [7, 11) is -3.73. The van der Waals surface area contributed by atoms with E-state index in [1.165, 1.54) is 27.1 Å². The topological polar surface area (TPSA) is 92.8 Å². The molecule has 31 heavy (non-hydrogen) atoms. The molecule has 4 rings (SSSR count). The van der Waals surface area contributed by atoms with Gasteiger partial charge in [0.15, 0.2) is 5.76 Å². The molecule has 0 spiro atoms. The van der Waals surface area contributed by atoms with Crippen LogP contribution in [-0.4, -0.2) is 54.3 Å². The van der Waals surface area contributed by atoms with Crippen LogP contribution in [0.4, 0.5) is 0 Å². The predicted octanol–water partition coefficient (Wildman–Crippen LogP) is 2.29. The lowest BCUT2D eigenvalue weighted by Crippen LogP contribution is -2.50. The van der Waals surface area contributed by atoms with Crippen LogP contribution >= 0.6 is 11.6 Å². The van der Waals surface area contributed by atoms with Crippen molar-refractivity contribution in [2.24, 2.45) is 0 Å². The van der Waals surface area contributed by atoms with Crippen molar-refractivity contribution in [2.45, 2.75) is 11.4 Å². The van der Waals surface area contributed by atoms with Crippen molar-refractivity contribution in [2.75, 3.05) is 26.2 Å². The lowest BCUT2D eigenvalue weighted by Gasteiger charge is -2.33. The molecule has 0 saturated carbocycles. The molecule has 8 nitrogen and oxygen atoms in total. The van der Waals surface area contributed by atoms with E-state index in [0.717, 1.165) is 0 Å². The molecule has 10 heteroatoms. The molecule has 0 aliphatic carbocycles. The number of halogens is 1. The van der Waals surface area contributed by atoms with E-state index in [1.807, 2.05) is 0 Å². The Balaban J connectivity index is 1.41. The van der Waals surface area contributed by atoms with Gasteiger partial charge in [-0.2, -0.15) is 4.31 Å². The van der Waals surface area contributed by atoms with E-state index in [4.69, 9.17) is 16.0 Å². The molecule has 1 aromatic carbocycles. The van der Waals surface area contributed by atoms with Crippen LogP contribution in [0, 0.1) is 0 Å². The highest BCUT2D eigenvalue weighted by molar-refractivity contribution is 7.89. The molecule has 1 aliphatic heterocycles. The Morgan fingerprint density at radius 2 is 1.68 bits per heavy atom. The van der Waals surface area contributed by atoms with E-state index in [1.54, 1.807) is 47.5 Å². The third kappa shape index (κ3) is 4.43. The monoisotopic (exact) mass is 461 g/mol. The highest BCUT2D eigenvalue weighted by Crippen LogP contribution is 2.25. The van der Waals surface area contributed by atoms with Gasteiger partial charge in [-0.15, -0.1) is 0 Å². The number of hydrogen-bond acceptors (Lipinski definition) is 5. The van der Waals surface area contributed by atoms with Gasteiger partial charge in [-0.05, 0) is 30.3 Å². The second-order valence-corrected chi connectivity index (χ2v) is 9.37. The summed E-state index contributed by atoms with van der Waals surface area (Å²) >= 11 is 6.05. The smallest absolute Gasteiger partial charge is 0.289 e. The number of hydrogen-bond donors (Lipinski definition) is 0. The molecule has 0 unspecified atom stereocenters. The van der Waals surface area contributed by atoms with E-state index in [-0.39, 0.29) is 59.9 Å². The summed E-state index contributed by atoms with van der Waals surface area (Å²) in [4.78, 5) is 26.2. The van der Waals surface area contributed by atoms with Crippen molar-refractivity contribution in [3.05, 3.63) is 87.7 Å². The first kappa shape index (κ1) is 21.4. The minimum Gasteiger partial charge on any atom is -0.454 e. The first-order valence-electron chi connectivity index (χ1n) is 9.64. The molecule has 2 aromatic heterocycles. The van der Waals surface area contributed by atoms with Gasteiger partial charge in [-0.25, -0.2) is 8.42 Å². The van der Waals surface area contributed by atoms with Crippen LogP contribution in [-0.2, 0) is 16.6 Å². The lowest BCUT2D eigenvalue weighted by atomic mass is 10.3. The molecule has 162 valence electrons. The van der Waals surface area contributed by atoms with Crippen LogP contribution in [0.25, 0.3) is 0 Å². The molecule has 0 radical (unpaired) electrons. The number of sulfonamides is 1. The third-order valence-corrected chi connectivity index (χ3v) is 7.48. The second-order valence-electron chi connectivity index (χ2n) is 7.06. The average molecular weight is 462 g/mol. The maximum Gasteiger partial charge on any atom is 0.289 e. The zero-order valence-corrected chi connectivity index (χ0v) is 18.1. The molecular weight excluding hydrogens is 442 g/mol. The Bertz CT molecular complexity index is 1260. The number of carbonyl (C=O) groups is 1.